The quantitative estimate of drug-likeness (QED) is 0.779. The SMILES string of the molecule is O=C(Cl)[C@H]1[C@@H](C(=O)Cl)CC=C2c3ccccc3CC[C@@H]21. The summed E-state index contributed by atoms with van der Waals surface area (Å²) in [4.78, 5) is 23.4. The second-order valence-electron chi connectivity index (χ2n) is 5.44. The van der Waals surface area contributed by atoms with Crippen LogP contribution in [0.3, 0.4) is 0 Å². The smallest absolute Gasteiger partial charge is 0.226 e. The van der Waals surface area contributed by atoms with Gasteiger partial charge in [0.05, 0.1) is 5.92 Å². The average Bonchev–Trinajstić information content (AvgIpc) is 2.45. The van der Waals surface area contributed by atoms with Crippen LogP contribution in [0.4, 0.5) is 0 Å². The molecule has 0 bridgehead atoms. The molecule has 0 radical (unpaired) electrons. The molecular formula is C16H14Cl2O2. The van der Waals surface area contributed by atoms with Gasteiger partial charge in [0.2, 0.25) is 10.5 Å². The summed E-state index contributed by atoms with van der Waals surface area (Å²) >= 11 is 11.4. The summed E-state index contributed by atoms with van der Waals surface area (Å²) in [6.45, 7) is 0. The lowest BCUT2D eigenvalue weighted by atomic mass is 9.66. The van der Waals surface area contributed by atoms with Crippen LogP contribution in [0.1, 0.15) is 24.0 Å². The molecule has 0 amide bonds. The van der Waals surface area contributed by atoms with Gasteiger partial charge < -0.3 is 0 Å². The summed E-state index contributed by atoms with van der Waals surface area (Å²) in [5, 5.41) is -0.905. The number of fused-ring (bicyclic) bond motifs is 3. The molecule has 1 aromatic carbocycles. The predicted octanol–water partition coefficient (Wildman–Crippen LogP) is 3.80. The van der Waals surface area contributed by atoms with Crippen LogP contribution in [0, 0.1) is 17.8 Å². The van der Waals surface area contributed by atoms with Gasteiger partial charge in [-0.25, -0.2) is 0 Å². The van der Waals surface area contributed by atoms with E-state index in [1.54, 1.807) is 0 Å². The molecule has 0 saturated heterocycles. The minimum absolute atomic E-state index is 0.0105. The number of benzene rings is 1. The Bertz CT molecular complexity index is 606. The third kappa shape index (κ3) is 2.21. The maximum atomic E-state index is 11.8. The summed E-state index contributed by atoms with van der Waals surface area (Å²) in [7, 11) is 0. The van der Waals surface area contributed by atoms with Crippen LogP contribution in [-0.2, 0) is 16.0 Å². The summed E-state index contributed by atoms with van der Waals surface area (Å²) in [6, 6.07) is 8.21. The number of halogens is 2. The predicted molar refractivity (Wildman–Crippen MR) is 79.5 cm³/mol. The molecule has 104 valence electrons. The van der Waals surface area contributed by atoms with Crippen molar-refractivity contribution in [2.75, 3.05) is 0 Å². The van der Waals surface area contributed by atoms with Gasteiger partial charge in [0, 0.05) is 5.92 Å². The van der Waals surface area contributed by atoms with Crippen molar-refractivity contribution in [1.82, 2.24) is 0 Å². The molecule has 0 aliphatic heterocycles. The maximum Gasteiger partial charge on any atom is 0.226 e. The first kappa shape index (κ1) is 13.8. The van der Waals surface area contributed by atoms with Gasteiger partial charge in [-0.05, 0) is 65.1 Å². The number of hydrogen-bond donors (Lipinski definition) is 0. The molecule has 1 aromatic rings. The van der Waals surface area contributed by atoms with Gasteiger partial charge in [-0.15, -0.1) is 0 Å². The van der Waals surface area contributed by atoms with Gasteiger partial charge >= 0.3 is 0 Å². The van der Waals surface area contributed by atoms with Gasteiger partial charge in [-0.3, -0.25) is 9.59 Å². The average molecular weight is 309 g/mol. The molecule has 4 heteroatoms. The van der Waals surface area contributed by atoms with Crippen molar-refractivity contribution in [2.24, 2.45) is 17.8 Å². The molecule has 3 rings (SSSR count). The highest BCUT2D eigenvalue weighted by Gasteiger charge is 2.43. The van der Waals surface area contributed by atoms with Crippen LogP contribution in [0.25, 0.3) is 5.57 Å². The van der Waals surface area contributed by atoms with E-state index in [1.807, 2.05) is 12.1 Å². The molecule has 2 aliphatic rings. The number of allylic oxidation sites excluding steroid dienone is 2. The van der Waals surface area contributed by atoms with E-state index in [0.29, 0.717) is 6.42 Å². The Morgan fingerprint density at radius 2 is 1.85 bits per heavy atom. The van der Waals surface area contributed by atoms with Crippen LogP contribution in [0.5, 0.6) is 0 Å². The topological polar surface area (TPSA) is 34.1 Å². The van der Waals surface area contributed by atoms with Crippen LogP contribution in [0.15, 0.2) is 30.3 Å². The first-order chi connectivity index (χ1) is 9.59. The molecule has 0 aromatic heterocycles. The standard InChI is InChI=1S/C16H14Cl2O2/c17-15(19)13-8-7-11-10-4-2-1-3-9(10)5-6-12(11)14(13)16(18)20/h1-4,7,12-14H,5-6,8H2/t12-,13-,14+/m0/s1. The molecule has 20 heavy (non-hydrogen) atoms. The monoisotopic (exact) mass is 308 g/mol. The molecule has 0 saturated carbocycles. The van der Waals surface area contributed by atoms with Crippen molar-refractivity contribution in [1.29, 1.82) is 0 Å². The van der Waals surface area contributed by atoms with E-state index in [9.17, 15) is 9.59 Å². The number of carbonyl (C=O) groups is 2. The fourth-order valence-electron chi connectivity index (χ4n) is 3.55. The molecule has 0 spiro atoms. The van der Waals surface area contributed by atoms with Gasteiger partial charge in [-0.1, -0.05) is 30.3 Å². The normalized spacial score (nSPS) is 28.1. The highest BCUT2D eigenvalue weighted by atomic mass is 35.5. The maximum absolute atomic E-state index is 11.8. The Kier molecular flexibility index (Phi) is 3.70. The Labute approximate surface area is 127 Å². The Balaban J connectivity index is 2.06. The summed E-state index contributed by atoms with van der Waals surface area (Å²) in [6.07, 6.45) is 4.30. The second kappa shape index (κ2) is 5.34. The fraction of sp³-hybridized carbons (Fsp3) is 0.375. The van der Waals surface area contributed by atoms with E-state index in [2.05, 4.69) is 18.2 Å². The van der Waals surface area contributed by atoms with Crippen molar-refractivity contribution >= 4 is 39.3 Å². The number of hydrogen-bond acceptors (Lipinski definition) is 2. The van der Waals surface area contributed by atoms with E-state index in [-0.39, 0.29) is 5.92 Å². The largest absolute Gasteiger partial charge is 0.281 e. The lowest BCUT2D eigenvalue weighted by molar-refractivity contribution is -0.125. The fourth-order valence-corrected chi connectivity index (χ4v) is 4.08. The van der Waals surface area contributed by atoms with Gasteiger partial charge in [0.1, 0.15) is 0 Å². The summed E-state index contributed by atoms with van der Waals surface area (Å²) in [5.74, 6) is -0.966. The summed E-state index contributed by atoms with van der Waals surface area (Å²) in [5.41, 5.74) is 3.64. The van der Waals surface area contributed by atoms with Crippen LogP contribution in [0.2, 0.25) is 0 Å². The van der Waals surface area contributed by atoms with Crippen LogP contribution in [-0.4, -0.2) is 10.5 Å². The minimum Gasteiger partial charge on any atom is -0.281 e. The molecule has 2 nitrogen and oxygen atoms in total. The van der Waals surface area contributed by atoms with E-state index in [0.717, 1.165) is 18.4 Å². The number of carbonyl (C=O) groups excluding carboxylic acids is 2. The Morgan fingerprint density at radius 3 is 2.55 bits per heavy atom. The second-order valence-corrected chi connectivity index (χ2v) is 6.18. The Morgan fingerprint density at radius 1 is 1.10 bits per heavy atom. The lowest BCUT2D eigenvalue weighted by Gasteiger charge is -2.38. The first-order valence-corrected chi connectivity index (χ1v) is 7.52. The zero-order chi connectivity index (χ0) is 14.3. The molecule has 0 heterocycles. The van der Waals surface area contributed by atoms with Crippen molar-refractivity contribution in [2.45, 2.75) is 19.3 Å². The van der Waals surface area contributed by atoms with Gasteiger partial charge in [-0.2, -0.15) is 0 Å². The van der Waals surface area contributed by atoms with E-state index in [4.69, 9.17) is 23.2 Å². The van der Waals surface area contributed by atoms with Crippen LogP contribution >= 0.6 is 23.2 Å². The first-order valence-electron chi connectivity index (χ1n) is 6.76. The Hall–Kier alpha value is -1.12. The third-order valence-corrected chi connectivity index (χ3v) is 5.00. The zero-order valence-electron chi connectivity index (χ0n) is 10.8. The molecule has 0 fully saturated rings. The zero-order valence-corrected chi connectivity index (χ0v) is 12.3. The van der Waals surface area contributed by atoms with E-state index < -0.39 is 22.3 Å². The molecule has 3 atom stereocenters. The van der Waals surface area contributed by atoms with Crippen molar-refractivity contribution in [3.8, 4) is 0 Å². The number of rotatable bonds is 2. The van der Waals surface area contributed by atoms with E-state index >= 15 is 0 Å². The van der Waals surface area contributed by atoms with Crippen molar-refractivity contribution in [3.63, 3.8) is 0 Å². The lowest BCUT2D eigenvalue weighted by Crippen LogP contribution is -2.37. The molecule has 2 aliphatic carbocycles. The molecular weight excluding hydrogens is 295 g/mol. The number of aryl methyl sites for hydroxylation is 1. The van der Waals surface area contributed by atoms with E-state index in [1.165, 1.54) is 11.1 Å². The molecule has 0 N–H and O–H groups in total. The third-order valence-electron chi connectivity index (χ3n) is 4.46. The van der Waals surface area contributed by atoms with Crippen LogP contribution < -0.4 is 0 Å². The highest BCUT2D eigenvalue weighted by molar-refractivity contribution is 6.66. The minimum atomic E-state index is -0.491. The summed E-state index contributed by atoms with van der Waals surface area (Å²) < 4.78 is 0. The van der Waals surface area contributed by atoms with Crippen molar-refractivity contribution in [3.05, 3.63) is 41.5 Å². The van der Waals surface area contributed by atoms with Crippen molar-refractivity contribution < 1.29 is 9.59 Å². The van der Waals surface area contributed by atoms with Gasteiger partial charge in [0.15, 0.2) is 0 Å². The highest BCUT2D eigenvalue weighted by Crippen LogP contribution is 2.47. The van der Waals surface area contributed by atoms with Gasteiger partial charge in [0.25, 0.3) is 0 Å². The molecule has 0 unspecified atom stereocenters.